The van der Waals surface area contributed by atoms with Crippen molar-refractivity contribution in [2.45, 2.75) is 0 Å². The van der Waals surface area contributed by atoms with Crippen molar-refractivity contribution in [2.75, 3.05) is 13.1 Å². The molecule has 0 unspecified atom stereocenters. The number of nitrogens with zero attached hydrogens (tertiary/aromatic N) is 1. The highest BCUT2D eigenvalue weighted by Gasteiger charge is 2.06. The number of carbonyl (C=O) groups excluding carboxylic acids is 1. The number of amides is 1. The summed E-state index contributed by atoms with van der Waals surface area (Å²) in [5.74, 6) is -0.0330. The quantitative estimate of drug-likeness (QED) is 0.579. The van der Waals surface area contributed by atoms with E-state index in [1.54, 1.807) is 34.5 Å². The molecule has 0 N–H and O–H groups in total. The number of thiophene rings is 1. The lowest BCUT2D eigenvalue weighted by atomic mass is 10.3. The van der Waals surface area contributed by atoms with Crippen LogP contribution in [0.15, 0.2) is 47.3 Å². The minimum Gasteiger partial charge on any atom is -0.332 e. The monoisotopic (exact) mass is 311 g/mol. The third-order valence-electron chi connectivity index (χ3n) is 1.99. The van der Waals surface area contributed by atoms with Crippen molar-refractivity contribution in [1.82, 2.24) is 4.90 Å². The Morgan fingerprint density at radius 1 is 1.35 bits per heavy atom. The normalized spacial score (nSPS) is 10.4. The zero-order valence-electron chi connectivity index (χ0n) is 9.43. The third-order valence-corrected chi connectivity index (χ3v) is 3.58. The third kappa shape index (κ3) is 4.71. The van der Waals surface area contributed by atoms with Crippen LogP contribution in [0.25, 0.3) is 6.08 Å². The van der Waals surface area contributed by atoms with Crippen molar-refractivity contribution in [3.05, 3.63) is 52.2 Å². The molecule has 1 aromatic rings. The molecule has 0 aliphatic heterocycles. The van der Waals surface area contributed by atoms with Crippen molar-refractivity contribution in [3.63, 3.8) is 0 Å². The van der Waals surface area contributed by atoms with Crippen molar-refractivity contribution in [3.8, 4) is 0 Å². The van der Waals surface area contributed by atoms with E-state index in [2.05, 4.69) is 29.1 Å². The summed E-state index contributed by atoms with van der Waals surface area (Å²) in [6, 6.07) is 3.92. The number of carbonyl (C=O) groups is 1. The van der Waals surface area contributed by atoms with E-state index < -0.39 is 0 Å². The Kier molecular flexibility index (Phi) is 5.94. The standard InChI is InChI=1S/C13H14BrNOS/c1-3-9-15(10-4-2)13(16)8-6-11-5-7-12(14)17-11/h3-8H,1-2,9-10H2. The highest BCUT2D eigenvalue weighted by atomic mass is 79.9. The maximum Gasteiger partial charge on any atom is 0.247 e. The van der Waals surface area contributed by atoms with Crippen LogP contribution in [0.4, 0.5) is 0 Å². The van der Waals surface area contributed by atoms with Crippen molar-refractivity contribution in [2.24, 2.45) is 0 Å². The van der Waals surface area contributed by atoms with Crippen LogP contribution < -0.4 is 0 Å². The topological polar surface area (TPSA) is 20.3 Å². The second-order valence-electron chi connectivity index (χ2n) is 3.30. The van der Waals surface area contributed by atoms with Gasteiger partial charge >= 0.3 is 0 Å². The lowest BCUT2D eigenvalue weighted by Crippen LogP contribution is -2.29. The Bertz CT molecular complexity index is 426. The fraction of sp³-hybridized carbons (Fsp3) is 0.154. The molecule has 0 saturated carbocycles. The Balaban J connectivity index is 2.65. The maximum atomic E-state index is 11.8. The van der Waals surface area contributed by atoms with E-state index in [1.165, 1.54) is 0 Å². The summed E-state index contributed by atoms with van der Waals surface area (Å²) in [6.45, 7) is 8.32. The molecule has 0 spiro atoms. The molecule has 0 radical (unpaired) electrons. The molecule has 0 fully saturated rings. The predicted molar refractivity (Wildman–Crippen MR) is 78.0 cm³/mol. The summed E-state index contributed by atoms with van der Waals surface area (Å²) in [6.07, 6.45) is 6.80. The fourth-order valence-corrected chi connectivity index (χ4v) is 2.57. The first-order valence-electron chi connectivity index (χ1n) is 5.11. The highest BCUT2D eigenvalue weighted by molar-refractivity contribution is 9.11. The number of hydrogen-bond donors (Lipinski definition) is 0. The van der Waals surface area contributed by atoms with Gasteiger partial charge in [-0.05, 0) is 34.1 Å². The first-order chi connectivity index (χ1) is 8.17. The summed E-state index contributed by atoms with van der Waals surface area (Å²) in [4.78, 5) is 14.5. The lowest BCUT2D eigenvalue weighted by molar-refractivity contribution is -0.124. The van der Waals surface area contributed by atoms with Gasteiger partial charge in [0.25, 0.3) is 0 Å². The van der Waals surface area contributed by atoms with Crippen molar-refractivity contribution < 1.29 is 4.79 Å². The molecule has 17 heavy (non-hydrogen) atoms. The summed E-state index contributed by atoms with van der Waals surface area (Å²) in [5.41, 5.74) is 0. The van der Waals surface area contributed by atoms with Gasteiger partial charge in [-0.1, -0.05) is 12.2 Å². The molecule has 0 aromatic carbocycles. The van der Waals surface area contributed by atoms with Crippen LogP contribution in [-0.2, 0) is 4.79 Å². The van der Waals surface area contributed by atoms with E-state index in [-0.39, 0.29) is 5.91 Å². The molecule has 0 aliphatic carbocycles. The zero-order valence-corrected chi connectivity index (χ0v) is 11.8. The molecule has 0 bridgehead atoms. The average molecular weight is 312 g/mol. The summed E-state index contributed by atoms with van der Waals surface area (Å²) in [7, 11) is 0. The molecular weight excluding hydrogens is 298 g/mol. The van der Waals surface area contributed by atoms with Gasteiger partial charge in [-0.15, -0.1) is 24.5 Å². The van der Waals surface area contributed by atoms with Crippen molar-refractivity contribution in [1.29, 1.82) is 0 Å². The molecule has 1 amide bonds. The second kappa shape index (κ2) is 7.25. The van der Waals surface area contributed by atoms with Gasteiger partial charge in [0.15, 0.2) is 0 Å². The van der Waals surface area contributed by atoms with E-state index >= 15 is 0 Å². The summed E-state index contributed by atoms with van der Waals surface area (Å²) < 4.78 is 1.05. The number of rotatable bonds is 6. The van der Waals surface area contributed by atoms with Crippen LogP contribution in [0, 0.1) is 0 Å². The highest BCUT2D eigenvalue weighted by Crippen LogP contribution is 2.22. The molecule has 1 aromatic heterocycles. The first-order valence-corrected chi connectivity index (χ1v) is 6.72. The molecular formula is C13H14BrNOS. The van der Waals surface area contributed by atoms with Crippen LogP contribution >= 0.6 is 27.3 Å². The lowest BCUT2D eigenvalue weighted by Gasteiger charge is -2.16. The predicted octanol–water partition coefficient (Wildman–Crippen LogP) is 3.72. The minimum absolute atomic E-state index is 0.0330. The average Bonchev–Trinajstić information content (AvgIpc) is 2.72. The van der Waals surface area contributed by atoms with E-state index in [0.717, 1.165) is 8.66 Å². The van der Waals surface area contributed by atoms with E-state index in [0.29, 0.717) is 13.1 Å². The van der Waals surface area contributed by atoms with Gasteiger partial charge in [0.1, 0.15) is 0 Å². The van der Waals surface area contributed by atoms with Crippen molar-refractivity contribution >= 4 is 39.2 Å². The molecule has 4 heteroatoms. The van der Waals surface area contributed by atoms with E-state index in [4.69, 9.17) is 0 Å². The van der Waals surface area contributed by atoms with Gasteiger partial charge < -0.3 is 4.90 Å². The zero-order chi connectivity index (χ0) is 12.7. The van der Waals surface area contributed by atoms with Crippen LogP contribution in [-0.4, -0.2) is 23.9 Å². The fourth-order valence-electron chi connectivity index (χ4n) is 1.24. The molecule has 0 saturated heterocycles. The minimum atomic E-state index is -0.0330. The molecule has 1 heterocycles. The second-order valence-corrected chi connectivity index (χ2v) is 5.79. The van der Waals surface area contributed by atoms with Gasteiger partial charge in [0.05, 0.1) is 3.79 Å². The van der Waals surface area contributed by atoms with Gasteiger partial charge in [-0.2, -0.15) is 0 Å². The van der Waals surface area contributed by atoms with Gasteiger partial charge in [-0.3, -0.25) is 4.79 Å². The van der Waals surface area contributed by atoms with Gasteiger partial charge in [0, 0.05) is 24.0 Å². The van der Waals surface area contributed by atoms with E-state index in [1.807, 2.05) is 18.2 Å². The maximum absolute atomic E-state index is 11.8. The molecule has 0 aliphatic rings. The SMILES string of the molecule is C=CCN(CC=C)C(=O)C=Cc1ccc(Br)s1. The Labute approximate surface area is 114 Å². The molecule has 1 rings (SSSR count). The molecule has 2 nitrogen and oxygen atoms in total. The van der Waals surface area contributed by atoms with Gasteiger partial charge in [-0.25, -0.2) is 0 Å². The van der Waals surface area contributed by atoms with Crippen LogP contribution in [0.5, 0.6) is 0 Å². The van der Waals surface area contributed by atoms with Gasteiger partial charge in [0.2, 0.25) is 5.91 Å². The Morgan fingerprint density at radius 3 is 2.47 bits per heavy atom. The number of hydrogen-bond acceptors (Lipinski definition) is 2. The Hall–Kier alpha value is -1.13. The van der Waals surface area contributed by atoms with Crippen LogP contribution in [0.1, 0.15) is 4.88 Å². The van der Waals surface area contributed by atoms with E-state index in [9.17, 15) is 4.79 Å². The largest absolute Gasteiger partial charge is 0.332 e. The molecule has 0 atom stereocenters. The van der Waals surface area contributed by atoms with Crippen LogP contribution in [0.3, 0.4) is 0 Å². The Morgan fingerprint density at radius 2 is 2.00 bits per heavy atom. The first kappa shape index (κ1) is 13.9. The summed E-state index contributed by atoms with van der Waals surface area (Å²) >= 11 is 4.97. The summed E-state index contributed by atoms with van der Waals surface area (Å²) in [5, 5.41) is 0. The van der Waals surface area contributed by atoms with Crippen LogP contribution in [0.2, 0.25) is 0 Å². The molecule has 90 valence electrons. The smallest absolute Gasteiger partial charge is 0.247 e. The number of halogens is 1.